The molecule has 17 heavy (non-hydrogen) atoms. The molecule has 0 amide bonds. The van der Waals surface area contributed by atoms with Crippen LogP contribution in [0.5, 0.6) is 0 Å². The molecular formula is C13H28N2O2. The zero-order valence-electron chi connectivity index (χ0n) is 11.6. The molecule has 1 atom stereocenters. The summed E-state index contributed by atoms with van der Waals surface area (Å²) in [6, 6.07) is 0.817. The van der Waals surface area contributed by atoms with Gasteiger partial charge in [-0.3, -0.25) is 0 Å². The third kappa shape index (κ3) is 6.99. The Hall–Kier alpha value is -0.160. The quantitative estimate of drug-likeness (QED) is 0.552. The first kappa shape index (κ1) is 14.9. The molecule has 1 fully saturated rings. The van der Waals surface area contributed by atoms with Crippen LogP contribution >= 0.6 is 0 Å². The van der Waals surface area contributed by atoms with E-state index in [4.69, 9.17) is 9.47 Å². The van der Waals surface area contributed by atoms with Crippen molar-refractivity contribution < 1.29 is 9.47 Å². The SMILES string of the molecule is CCCNCC(COC)OCCN(C)C1CC1. The highest BCUT2D eigenvalue weighted by molar-refractivity contribution is 4.82. The van der Waals surface area contributed by atoms with Crippen LogP contribution in [0.2, 0.25) is 0 Å². The van der Waals surface area contributed by atoms with E-state index in [2.05, 4.69) is 24.2 Å². The maximum Gasteiger partial charge on any atom is 0.0932 e. The molecule has 0 heterocycles. The average molecular weight is 244 g/mol. The second-order valence-corrected chi connectivity index (χ2v) is 4.86. The summed E-state index contributed by atoms with van der Waals surface area (Å²) in [6.45, 7) is 6.60. The lowest BCUT2D eigenvalue weighted by Crippen LogP contribution is -2.35. The third-order valence-electron chi connectivity index (χ3n) is 3.12. The summed E-state index contributed by atoms with van der Waals surface area (Å²) >= 11 is 0. The zero-order valence-corrected chi connectivity index (χ0v) is 11.6. The topological polar surface area (TPSA) is 33.7 Å². The van der Waals surface area contributed by atoms with Gasteiger partial charge in [0.1, 0.15) is 0 Å². The van der Waals surface area contributed by atoms with Crippen LogP contribution in [-0.2, 0) is 9.47 Å². The molecule has 0 saturated heterocycles. The Kier molecular flexibility index (Phi) is 7.77. The first-order valence-electron chi connectivity index (χ1n) is 6.79. The van der Waals surface area contributed by atoms with Crippen LogP contribution in [0.15, 0.2) is 0 Å². The fraction of sp³-hybridized carbons (Fsp3) is 1.00. The highest BCUT2D eigenvalue weighted by atomic mass is 16.5. The van der Waals surface area contributed by atoms with Crippen LogP contribution < -0.4 is 5.32 Å². The van der Waals surface area contributed by atoms with Crippen molar-refractivity contribution in [1.29, 1.82) is 0 Å². The van der Waals surface area contributed by atoms with Crippen LogP contribution in [0.3, 0.4) is 0 Å². The Bertz CT molecular complexity index is 186. The van der Waals surface area contributed by atoms with Gasteiger partial charge in [0.25, 0.3) is 0 Å². The number of likely N-dealkylation sites (N-methyl/N-ethyl adjacent to an activating group) is 1. The molecule has 4 heteroatoms. The maximum absolute atomic E-state index is 5.85. The van der Waals surface area contributed by atoms with Gasteiger partial charge in [-0.15, -0.1) is 0 Å². The molecule has 1 N–H and O–H groups in total. The van der Waals surface area contributed by atoms with Gasteiger partial charge in [0.2, 0.25) is 0 Å². The van der Waals surface area contributed by atoms with Gasteiger partial charge >= 0.3 is 0 Å². The molecule has 1 rings (SSSR count). The van der Waals surface area contributed by atoms with Crippen LogP contribution in [0.25, 0.3) is 0 Å². The lowest BCUT2D eigenvalue weighted by molar-refractivity contribution is -0.00750. The Labute approximate surface area is 106 Å². The number of ether oxygens (including phenoxy) is 2. The van der Waals surface area contributed by atoms with Crippen molar-refractivity contribution in [3.63, 3.8) is 0 Å². The number of hydrogen-bond donors (Lipinski definition) is 1. The molecule has 1 saturated carbocycles. The molecule has 0 bridgehead atoms. The normalized spacial score (nSPS) is 17.6. The van der Waals surface area contributed by atoms with Crippen molar-refractivity contribution >= 4 is 0 Å². The summed E-state index contributed by atoms with van der Waals surface area (Å²) in [5.41, 5.74) is 0. The second-order valence-electron chi connectivity index (χ2n) is 4.86. The second kappa shape index (κ2) is 8.86. The number of nitrogens with one attached hydrogen (secondary N) is 1. The Morgan fingerprint density at radius 3 is 2.76 bits per heavy atom. The van der Waals surface area contributed by atoms with Crippen molar-refractivity contribution in [2.24, 2.45) is 0 Å². The van der Waals surface area contributed by atoms with Crippen molar-refractivity contribution in [2.75, 3.05) is 47.0 Å². The van der Waals surface area contributed by atoms with Gasteiger partial charge in [-0.2, -0.15) is 0 Å². The summed E-state index contributed by atoms with van der Waals surface area (Å²) in [5.74, 6) is 0. The molecule has 0 spiro atoms. The summed E-state index contributed by atoms with van der Waals surface area (Å²) in [5, 5.41) is 3.37. The van der Waals surface area contributed by atoms with E-state index in [0.717, 1.165) is 38.7 Å². The van der Waals surface area contributed by atoms with Gasteiger partial charge in [0.15, 0.2) is 0 Å². The number of methoxy groups -OCH3 is 1. The summed E-state index contributed by atoms with van der Waals surface area (Å²) in [7, 11) is 3.91. The molecular weight excluding hydrogens is 216 g/mol. The fourth-order valence-corrected chi connectivity index (χ4v) is 1.85. The molecule has 1 unspecified atom stereocenters. The van der Waals surface area contributed by atoms with Crippen LogP contribution in [0.1, 0.15) is 26.2 Å². The lowest BCUT2D eigenvalue weighted by Gasteiger charge is -2.20. The molecule has 1 aliphatic rings. The first-order valence-corrected chi connectivity index (χ1v) is 6.79. The minimum atomic E-state index is 0.180. The van der Waals surface area contributed by atoms with Gasteiger partial charge in [-0.05, 0) is 32.9 Å². The van der Waals surface area contributed by atoms with Gasteiger partial charge < -0.3 is 19.7 Å². The van der Waals surface area contributed by atoms with E-state index >= 15 is 0 Å². The molecule has 0 aromatic carbocycles. The van der Waals surface area contributed by atoms with Crippen molar-refractivity contribution in [3.8, 4) is 0 Å². The molecule has 0 radical (unpaired) electrons. The average Bonchev–Trinajstić information content (AvgIpc) is 3.13. The third-order valence-corrected chi connectivity index (χ3v) is 3.12. The molecule has 0 aliphatic heterocycles. The predicted octanol–water partition coefficient (Wildman–Crippen LogP) is 1.11. The largest absolute Gasteiger partial charge is 0.382 e. The number of hydrogen-bond acceptors (Lipinski definition) is 4. The Morgan fingerprint density at radius 1 is 1.41 bits per heavy atom. The standard InChI is InChI=1S/C13H28N2O2/c1-4-7-14-10-13(11-16-3)17-9-8-15(2)12-5-6-12/h12-14H,4-11H2,1-3H3. The molecule has 102 valence electrons. The Morgan fingerprint density at radius 2 is 2.18 bits per heavy atom. The van der Waals surface area contributed by atoms with E-state index in [1.807, 2.05) is 0 Å². The minimum Gasteiger partial charge on any atom is -0.382 e. The molecule has 0 aromatic heterocycles. The van der Waals surface area contributed by atoms with Crippen LogP contribution in [-0.4, -0.2) is 64.1 Å². The lowest BCUT2D eigenvalue weighted by atomic mass is 10.3. The summed E-state index contributed by atoms with van der Waals surface area (Å²) in [4.78, 5) is 2.39. The first-order chi connectivity index (χ1) is 8.27. The van der Waals surface area contributed by atoms with Gasteiger partial charge in [0.05, 0.1) is 19.3 Å². The highest BCUT2D eigenvalue weighted by Crippen LogP contribution is 2.24. The van der Waals surface area contributed by atoms with E-state index in [0.29, 0.717) is 6.61 Å². The van der Waals surface area contributed by atoms with Crippen molar-refractivity contribution in [2.45, 2.75) is 38.3 Å². The van der Waals surface area contributed by atoms with E-state index < -0.39 is 0 Å². The monoisotopic (exact) mass is 244 g/mol. The number of nitrogens with zero attached hydrogens (tertiary/aromatic N) is 1. The Balaban J connectivity index is 2.05. The smallest absolute Gasteiger partial charge is 0.0932 e. The minimum absolute atomic E-state index is 0.180. The molecule has 4 nitrogen and oxygen atoms in total. The van der Waals surface area contributed by atoms with Crippen LogP contribution in [0.4, 0.5) is 0 Å². The predicted molar refractivity (Wildman–Crippen MR) is 70.4 cm³/mol. The van der Waals surface area contributed by atoms with Gasteiger partial charge in [-0.25, -0.2) is 0 Å². The van der Waals surface area contributed by atoms with Crippen molar-refractivity contribution in [1.82, 2.24) is 10.2 Å². The van der Waals surface area contributed by atoms with Crippen molar-refractivity contribution in [3.05, 3.63) is 0 Å². The van der Waals surface area contributed by atoms with Crippen LogP contribution in [0, 0.1) is 0 Å². The number of rotatable bonds is 11. The molecule has 1 aliphatic carbocycles. The van der Waals surface area contributed by atoms with E-state index in [9.17, 15) is 0 Å². The van der Waals surface area contributed by atoms with E-state index in [1.54, 1.807) is 7.11 Å². The molecule has 0 aromatic rings. The van der Waals surface area contributed by atoms with Gasteiger partial charge in [0, 0.05) is 26.2 Å². The highest BCUT2D eigenvalue weighted by Gasteiger charge is 2.25. The van der Waals surface area contributed by atoms with E-state index in [1.165, 1.54) is 12.8 Å². The van der Waals surface area contributed by atoms with Gasteiger partial charge in [-0.1, -0.05) is 6.92 Å². The maximum atomic E-state index is 5.85. The zero-order chi connectivity index (χ0) is 12.5. The fourth-order valence-electron chi connectivity index (χ4n) is 1.85. The summed E-state index contributed by atoms with van der Waals surface area (Å²) in [6.07, 6.45) is 4.05. The van der Waals surface area contributed by atoms with E-state index in [-0.39, 0.29) is 6.10 Å². The summed E-state index contributed by atoms with van der Waals surface area (Å²) < 4.78 is 11.0.